The van der Waals surface area contributed by atoms with E-state index in [1.807, 2.05) is 41.1 Å². The largest absolute Gasteiger partial charge is 0.472 e. The average molecular weight is 264 g/mol. The number of para-hydroxylation sites is 1. The Bertz CT molecular complexity index is 716. The number of ether oxygens (including phenoxy) is 1. The number of aromatic nitrogens is 2. The maximum Gasteiger partial charge on any atom is 0.241 e. The van der Waals surface area contributed by atoms with E-state index >= 15 is 0 Å². The summed E-state index contributed by atoms with van der Waals surface area (Å²) in [6.45, 7) is 4.87. The molecule has 0 bridgehead atoms. The molecule has 0 N–H and O–H groups in total. The zero-order valence-corrected chi connectivity index (χ0v) is 11.2. The van der Waals surface area contributed by atoms with Crippen LogP contribution in [0.25, 0.3) is 10.9 Å². The van der Waals surface area contributed by atoms with Crippen molar-refractivity contribution in [1.82, 2.24) is 9.78 Å². The summed E-state index contributed by atoms with van der Waals surface area (Å²) < 4.78 is 7.61. The van der Waals surface area contributed by atoms with Gasteiger partial charge < -0.3 is 4.74 Å². The predicted octanol–water partition coefficient (Wildman–Crippen LogP) is 3.65. The third-order valence-corrected chi connectivity index (χ3v) is 3.14. The number of fused-ring (bicyclic) bond motifs is 1. The van der Waals surface area contributed by atoms with Gasteiger partial charge in [0.25, 0.3) is 0 Å². The fourth-order valence-corrected chi connectivity index (χ4v) is 2.22. The number of benzene rings is 2. The third kappa shape index (κ3) is 2.43. The summed E-state index contributed by atoms with van der Waals surface area (Å²) in [5, 5.41) is 5.60. The first-order chi connectivity index (χ1) is 9.88. The van der Waals surface area contributed by atoms with Crippen molar-refractivity contribution in [1.29, 1.82) is 0 Å². The van der Waals surface area contributed by atoms with Gasteiger partial charge in [-0.3, -0.25) is 4.68 Å². The van der Waals surface area contributed by atoms with Gasteiger partial charge in [-0.05, 0) is 17.7 Å². The zero-order chi connectivity index (χ0) is 13.8. The Morgan fingerprint density at radius 2 is 1.80 bits per heavy atom. The third-order valence-electron chi connectivity index (χ3n) is 3.14. The molecule has 0 radical (unpaired) electrons. The Balaban J connectivity index is 2.00. The fourth-order valence-electron chi connectivity index (χ4n) is 2.22. The molecule has 3 heteroatoms. The molecule has 0 saturated carbocycles. The van der Waals surface area contributed by atoms with Crippen LogP contribution in [0.2, 0.25) is 0 Å². The maximum atomic E-state index is 5.64. The maximum absolute atomic E-state index is 5.64. The lowest BCUT2D eigenvalue weighted by Crippen LogP contribution is -2.02. The van der Waals surface area contributed by atoms with Gasteiger partial charge in [0.05, 0.1) is 17.4 Å². The van der Waals surface area contributed by atoms with Gasteiger partial charge in [-0.2, -0.15) is 0 Å². The van der Waals surface area contributed by atoms with Gasteiger partial charge in [-0.1, -0.05) is 55.1 Å². The van der Waals surface area contributed by atoms with Crippen molar-refractivity contribution in [2.75, 3.05) is 6.61 Å². The molecule has 0 unspecified atom stereocenters. The van der Waals surface area contributed by atoms with E-state index < -0.39 is 0 Å². The van der Waals surface area contributed by atoms with Crippen LogP contribution in [0.15, 0.2) is 67.3 Å². The van der Waals surface area contributed by atoms with Crippen molar-refractivity contribution in [3.05, 3.63) is 72.8 Å². The topological polar surface area (TPSA) is 27.1 Å². The van der Waals surface area contributed by atoms with Crippen molar-refractivity contribution >= 4 is 10.9 Å². The molecule has 0 aliphatic heterocycles. The number of hydrogen-bond donors (Lipinski definition) is 0. The Kier molecular flexibility index (Phi) is 3.50. The van der Waals surface area contributed by atoms with Crippen molar-refractivity contribution in [3.63, 3.8) is 0 Å². The van der Waals surface area contributed by atoms with Crippen LogP contribution in [0, 0.1) is 0 Å². The van der Waals surface area contributed by atoms with Crippen molar-refractivity contribution in [3.8, 4) is 5.88 Å². The predicted molar refractivity (Wildman–Crippen MR) is 81.0 cm³/mol. The number of nitrogens with zero attached hydrogens (tertiary/aromatic N) is 2. The molecule has 0 aliphatic rings. The van der Waals surface area contributed by atoms with Gasteiger partial charge >= 0.3 is 0 Å². The Hall–Kier alpha value is -2.55. The first kappa shape index (κ1) is 12.5. The molecule has 3 aromatic rings. The van der Waals surface area contributed by atoms with E-state index in [-0.39, 0.29) is 0 Å². The van der Waals surface area contributed by atoms with Crippen molar-refractivity contribution in [2.24, 2.45) is 0 Å². The molecule has 1 aromatic heterocycles. The van der Waals surface area contributed by atoms with Crippen molar-refractivity contribution < 1.29 is 4.74 Å². The molecule has 0 fully saturated rings. The van der Waals surface area contributed by atoms with Crippen LogP contribution in [0.1, 0.15) is 5.56 Å². The van der Waals surface area contributed by atoms with E-state index in [1.54, 1.807) is 6.08 Å². The highest BCUT2D eigenvalue weighted by Crippen LogP contribution is 2.25. The molecule has 3 rings (SSSR count). The highest BCUT2D eigenvalue weighted by Gasteiger charge is 2.10. The smallest absolute Gasteiger partial charge is 0.241 e. The molecule has 100 valence electrons. The van der Waals surface area contributed by atoms with E-state index in [9.17, 15) is 0 Å². The minimum Gasteiger partial charge on any atom is -0.472 e. The van der Waals surface area contributed by atoms with Crippen LogP contribution in [0.4, 0.5) is 0 Å². The Morgan fingerprint density at radius 3 is 2.60 bits per heavy atom. The zero-order valence-electron chi connectivity index (χ0n) is 11.2. The lowest BCUT2D eigenvalue weighted by Gasteiger charge is -2.03. The normalized spacial score (nSPS) is 10.6. The van der Waals surface area contributed by atoms with Gasteiger partial charge in [0, 0.05) is 0 Å². The second-order valence-corrected chi connectivity index (χ2v) is 4.57. The second kappa shape index (κ2) is 5.61. The first-order valence-corrected chi connectivity index (χ1v) is 6.61. The highest BCUT2D eigenvalue weighted by atomic mass is 16.5. The summed E-state index contributed by atoms with van der Waals surface area (Å²) in [4.78, 5) is 0. The average Bonchev–Trinajstić information content (AvgIpc) is 2.85. The standard InChI is InChI=1S/C17H16N2O/c1-2-12-20-17-15-10-6-7-11-16(15)19(18-17)13-14-8-4-3-5-9-14/h2-11H,1,12-13H2. The lowest BCUT2D eigenvalue weighted by atomic mass is 10.2. The van der Waals surface area contributed by atoms with Gasteiger partial charge in [0.2, 0.25) is 5.88 Å². The summed E-state index contributed by atoms with van der Waals surface area (Å²) >= 11 is 0. The number of hydrogen-bond acceptors (Lipinski definition) is 2. The van der Waals surface area contributed by atoms with Crippen LogP contribution in [-0.2, 0) is 6.54 Å². The highest BCUT2D eigenvalue weighted by molar-refractivity contribution is 5.84. The second-order valence-electron chi connectivity index (χ2n) is 4.57. The molecule has 3 nitrogen and oxygen atoms in total. The van der Waals surface area contributed by atoms with E-state index in [4.69, 9.17) is 4.74 Å². The molecular weight excluding hydrogens is 248 g/mol. The fraction of sp³-hybridized carbons (Fsp3) is 0.118. The van der Waals surface area contributed by atoms with Crippen LogP contribution >= 0.6 is 0 Å². The van der Waals surface area contributed by atoms with Crippen LogP contribution in [-0.4, -0.2) is 16.4 Å². The minimum atomic E-state index is 0.465. The molecule has 0 atom stereocenters. The van der Waals surface area contributed by atoms with E-state index in [1.165, 1.54) is 5.56 Å². The van der Waals surface area contributed by atoms with Gasteiger partial charge in [-0.25, -0.2) is 0 Å². The number of rotatable bonds is 5. The van der Waals surface area contributed by atoms with Crippen LogP contribution < -0.4 is 4.74 Å². The first-order valence-electron chi connectivity index (χ1n) is 6.61. The van der Waals surface area contributed by atoms with E-state index in [0.717, 1.165) is 17.4 Å². The lowest BCUT2D eigenvalue weighted by molar-refractivity contribution is 0.347. The minimum absolute atomic E-state index is 0.465. The van der Waals surface area contributed by atoms with Gasteiger partial charge in [0.15, 0.2) is 0 Å². The quantitative estimate of drug-likeness (QED) is 0.658. The molecule has 0 aliphatic carbocycles. The van der Waals surface area contributed by atoms with Gasteiger partial charge in [0.1, 0.15) is 6.61 Å². The Labute approximate surface area is 118 Å². The molecule has 0 amide bonds. The molecule has 0 saturated heterocycles. The van der Waals surface area contributed by atoms with E-state index in [2.05, 4.69) is 29.9 Å². The summed E-state index contributed by atoms with van der Waals surface area (Å²) in [5.41, 5.74) is 2.30. The van der Waals surface area contributed by atoms with Crippen molar-refractivity contribution in [2.45, 2.75) is 6.54 Å². The molecule has 1 heterocycles. The molecular formula is C17H16N2O. The summed E-state index contributed by atoms with van der Waals surface area (Å²) in [6.07, 6.45) is 1.73. The summed E-state index contributed by atoms with van der Waals surface area (Å²) in [7, 11) is 0. The van der Waals surface area contributed by atoms with Gasteiger partial charge in [-0.15, -0.1) is 5.10 Å². The monoisotopic (exact) mass is 264 g/mol. The SMILES string of the molecule is C=CCOc1nn(Cc2ccccc2)c2ccccc12. The Morgan fingerprint density at radius 1 is 1.05 bits per heavy atom. The molecule has 0 spiro atoms. The summed E-state index contributed by atoms with van der Waals surface area (Å²) in [6, 6.07) is 18.4. The van der Waals surface area contributed by atoms with E-state index in [0.29, 0.717) is 12.5 Å². The molecule has 20 heavy (non-hydrogen) atoms. The van der Waals surface area contributed by atoms with Crippen LogP contribution in [0.3, 0.4) is 0 Å². The summed E-state index contributed by atoms with van der Waals surface area (Å²) in [5.74, 6) is 0.663. The van der Waals surface area contributed by atoms with Crippen LogP contribution in [0.5, 0.6) is 5.88 Å². The molecule has 2 aromatic carbocycles.